The van der Waals surface area contributed by atoms with Gasteiger partial charge in [0, 0.05) is 17.9 Å². The second kappa shape index (κ2) is 5.73. The third kappa shape index (κ3) is 3.24. The first-order chi connectivity index (χ1) is 9.10. The van der Waals surface area contributed by atoms with Gasteiger partial charge in [0.1, 0.15) is 5.65 Å². The van der Waals surface area contributed by atoms with E-state index in [0.717, 1.165) is 23.5 Å². The molecule has 0 aliphatic rings. The number of pyridine rings is 1. The zero-order valence-corrected chi connectivity index (χ0v) is 11.7. The average molecular weight is 259 g/mol. The number of fused-ring (bicyclic) bond motifs is 1. The Morgan fingerprint density at radius 1 is 1.53 bits per heavy atom. The van der Waals surface area contributed by atoms with Gasteiger partial charge in [-0.3, -0.25) is 0 Å². The summed E-state index contributed by atoms with van der Waals surface area (Å²) in [4.78, 5) is 8.83. The molecule has 5 nitrogen and oxygen atoms in total. The molecule has 2 heterocycles. The van der Waals surface area contributed by atoms with Gasteiger partial charge < -0.3 is 15.5 Å². The van der Waals surface area contributed by atoms with E-state index >= 15 is 0 Å². The predicted octanol–water partition coefficient (Wildman–Crippen LogP) is 1.85. The molecular weight excluding hydrogens is 238 g/mol. The Morgan fingerprint density at radius 3 is 3.00 bits per heavy atom. The highest BCUT2D eigenvalue weighted by Crippen LogP contribution is 2.09. The Labute approximate surface area is 113 Å². The number of guanidine groups is 1. The number of nitrogens with two attached hydrogens (primary N) is 1. The second-order valence-corrected chi connectivity index (χ2v) is 4.78. The highest BCUT2D eigenvalue weighted by atomic mass is 15.1. The second-order valence-electron chi connectivity index (χ2n) is 4.78. The van der Waals surface area contributed by atoms with Crippen molar-refractivity contribution in [3.05, 3.63) is 35.8 Å². The van der Waals surface area contributed by atoms with Crippen LogP contribution in [0.5, 0.6) is 0 Å². The van der Waals surface area contributed by atoms with E-state index in [1.807, 2.05) is 18.3 Å². The Morgan fingerprint density at radius 2 is 2.32 bits per heavy atom. The minimum atomic E-state index is 0.340. The minimum absolute atomic E-state index is 0.340. The highest BCUT2D eigenvalue weighted by Gasteiger charge is 2.03. The van der Waals surface area contributed by atoms with E-state index in [1.54, 1.807) is 0 Å². The first-order valence-corrected chi connectivity index (χ1v) is 6.60. The third-order valence-electron chi connectivity index (χ3n) is 3.16. The summed E-state index contributed by atoms with van der Waals surface area (Å²) < 4.78 is 2.06. The molecule has 0 fully saturated rings. The lowest BCUT2D eigenvalue weighted by Crippen LogP contribution is -2.38. The van der Waals surface area contributed by atoms with Crippen LogP contribution in [-0.2, 0) is 6.54 Å². The summed E-state index contributed by atoms with van der Waals surface area (Å²) in [7, 11) is 0. The number of hydrogen-bond donors (Lipinski definition) is 2. The van der Waals surface area contributed by atoms with Crippen molar-refractivity contribution in [1.29, 1.82) is 0 Å². The average Bonchev–Trinajstić information content (AvgIpc) is 2.81. The van der Waals surface area contributed by atoms with Crippen molar-refractivity contribution in [2.45, 2.75) is 39.8 Å². The van der Waals surface area contributed by atoms with Crippen LogP contribution in [-0.4, -0.2) is 21.4 Å². The van der Waals surface area contributed by atoms with Gasteiger partial charge in [-0.1, -0.05) is 13.0 Å². The maximum absolute atomic E-state index is 5.83. The standard InChI is InChI=1S/C14H21N5/c1-4-10(2)17-14(15)16-8-12-9-19-11(3)6-5-7-13(19)18-12/h5-7,9-10H,4,8H2,1-3H3,(H3,15,16,17). The van der Waals surface area contributed by atoms with Gasteiger partial charge >= 0.3 is 0 Å². The van der Waals surface area contributed by atoms with Gasteiger partial charge in [0.2, 0.25) is 0 Å². The fourth-order valence-corrected chi connectivity index (χ4v) is 1.84. The lowest BCUT2D eigenvalue weighted by atomic mass is 10.3. The lowest BCUT2D eigenvalue weighted by molar-refractivity contribution is 0.636. The summed E-state index contributed by atoms with van der Waals surface area (Å²) in [5.41, 5.74) is 8.85. The largest absolute Gasteiger partial charge is 0.370 e. The van der Waals surface area contributed by atoms with Crippen LogP contribution in [0.1, 0.15) is 31.7 Å². The third-order valence-corrected chi connectivity index (χ3v) is 3.16. The lowest BCUT2D eigenvalue weighted by Gasteiger charge is -2.11. The summed E-state index contributed by atoms with van der Waals surface area (Å²) in [6, 6.07) is 6.39. The number of aliphatic imine (C=N–C) groups is 1. The zero-order valence-electron chi connectivity index (χ0n) is 11.7. The van der Waals surface area contributed by atoms with Gasteiger partial charge in [0.05, 0.1) is 12.2 Å². The topological polar surface area (TPSA) is 67.7 Å². The molecule has 0 saturated heterocycles. The quantitative estimate of drug-likeness (QED) is 0.650. The Kier molecular flexibility index (Phi) is 4.04. The molecule has 0 bridgehead atoms. The van der Waals surface area contributed by atoms with Crippen LogP contribution in [0.3, 0.4) is 0 Å². The summed E-state index contributed by atoms with van der Waals surface area (Å²) >= 11 is 0. The van der Waals surface area contributed by atoms with Crippen molar-refractivity contribution in [2.24, 2.45) is 10.7 Å². The monoisotopic (exact) mass is 259 g/mol. The smallest absolute Gasteiger partial charge is 0.189 e. The van der Waals surface area contributed by atoms with Gasteiger partial charge in [-0.25, -0.2) is 9.98 Å². The summed E-state index contributed by atoms with van der Waals surface area (Å²) in [5.74, 6) is 0.475. The molecule has 0 aromatic carbocycles. The molecule has 0 saturated carbocycles. The van der Waals surface area contributed by atoms with Crippen LogP contribution in [0, 0.1) is 6.92 Å². The van der Waals surface area contributed by atoms with Gasteiger partial charge in [0.25, 0.3) is 0 Å². The van der Waals surface area contributed by atoms with E-state index < -0.39 is 0 Å². The van der Waals surface area contributed by atoms with Crippen LogP contribution < -0.4 is 11.1 Å². The van der Waals surface area contributed by atoms with E-state index in [2.05, 4.69) is 46.5 Å². The van der Waals surface area contributed by atoms with E-state index in [0.29, 0.717) is 18.5 Å². The van der Waals surface area contributed by atoms with Crippen LogP contribution in [0.15, 0.2) is 29.4 Å². The fourth-order valence-electron chi connectivity index (χ4n) is 1.84. The van der Waals surface area contributed by atoms with Crippen molar-refractivity contribution in [3.63, 3.8) is 0 Å². The van der Waals surface area contributed by atoms with Crippen LogP contribution >= 0.6 is 0 Å². The Hall–Kier alpha value is -2.04. The number of nitrogens with one attached hydrogen (secondary N) is 1. The number of nitrogens with zero attached hydrogens (tertiary/aromatic N) is 3. The Bertz CT molecular complexity index is 585. The van der Waals surface area contributed by atoms with Crippen molar-refractivity contribution < 1.29 is 0 Å². The molecule has 1 atom stereocenters. The highest BCUT2D eigenvalue weighted by molar-refractivity contribution is 5.78. The first kappa shape index (κ1) is 13.4. The molecule has 2 rings (SSSR count). The molecule has 5 heteroatoms. The number of imidazole rings is 1. The minimum Gasteiger partial charge on any atom is -0.370 e. The van der Waals surface area contributed by atoms with E-state index in [4.69, 9.17) is 5.73 Å². The summed E-state index contributed by atoms with van der Waals surface area (Å²) in [6.07, 6.45) is 3.02. The molecule has 19 heavy (non-hydrogen) atoms. The van der Waals surface area contributed by atoms with Gasteiger partial charge in [-0.15, -0.1) is 0 Å². The molecule has 2 aromatic heterocycles. The number of rotatable bonds is 4. The SMILES string of the molecule is CCC(C)NC(N)=NCc1cn2c(C)cccc2n1. The van der Waals surface area contributed by atoms with Gasteiger partial charge in [0.15, 0.2) is 5.96 Å². The summed E-state index contributed by atoms with van der Waals surface area (Å²) in [6.45, 7) is 6.74. The number of aryl methyl sites for hydroxylation is 1. The Balaban J connectivity index is 2.09. The van der Waals surface area contributed by atoms with Gasteiger partial charge in [-0.2, -0.15) is 0 Å². The molecule has 0 aliphatic heterocycles. The normalized spacial score (nSPS) is 13.7. The van der Waals surface area contributed by atoms with E-state index in [9.17, 15) is 0 Å². The van der Waals surface area contributed by atoms with Gasteiger partial charge in [-0.05, 0) is 32.4 Å². The van der Waals surface area contributed by atoms with E-state index in [-0.39, 0.29) is 0 Å². The van der Waals surface area contributed by atoms with Crippen molar-refractivity contribution in [3.8, 4) is 0 Å². The van der Waals surface area contributed by atoms with Crippen LogP contribution in [0.2, 0.25) is 0 Å². The molecular formula is C14H21N5. The molecule has 0 radical (unpaired) electrons. The molecule has 3 N–H and O–H groups in total. The van der Waals surface area contributed by atoms with Crippen molar-refractivity contribution in [1.82, 2.24) is 14.7 Å². The first-order valence-electron chi connectivity index (χ1n) is 6.60. The maximum atomic E-state index is 5.83. The van der Waals surface area contributed by atoms with E-state index in [1.165, 1.54) is 0 Å². The molecule has 0 amide bonds. The molecule has 2 aromatic rings. The zero-order chi connectivity index (χ0) is 13.8. The molecule has 1 unspecified atom stereocenters. The number of hydrogen-bond acceptors (Lipinski definition) is 2. The van der Waals surface area contributed by atoms with Crippen molar-refractivity contribution >= 4 is 11.6 Å². The predicted molar refractivity (Wildman–Crippen MR) is 78.1 cm³/mol. The van der Waals surface area contributed by atoms with Crippen LogP contribution in [0.25, 0.3) is 5.65 Å². The maximum Gasteiger partial charge on any atom is 0.189 e. The fraction of sp³-hybridized carbons (Fsp3) is 0.429. The number of aromatic nitrogens is 2. The molecule has 0 spiro atoms. The molecule has 102 valence electrons. The summed E-state index contributed by atoms with van der Waals surface area (Å²) in [5, 5.41) is 3.14. The molecule has 0 aliphatic carbocycles. The van der Waals surface area contributed by atoms with Crippen LogP contribution in [0.4, 0.5) is 0 Å². The van der Waals surface area contributed by atoms with Crippen molar-refractivity contribution in [2.75, 3.05) is 0 Å².